The van der Waals surface area contributed by atoms with Crippen molar-refractivity contribution in [3.05, 3.63) is 6.42 Å². The summed E-state index contributed by atoms with van der Waals surface area (Å²) in [4.78, 5) is 0. The molecule has 0 heteroatoms. The van der Waals surface area contributed by atoms with Gasteiger partial charge in [-0.1, -0.05) is 124 Å². The molecular formula is C22H45. The van der Waals surface area contributed by atoms with Crippen molar-refractivity contribution in [2.24, 2.45) is 11.8 Å². The zero-order valence-corrected chi connectivity index (χ0v) is 16.3. The monoisotopic (exact) mass is 309 g/mol. The third-order valence-electron chi connectivity index (χ3n) is 4.99. The summed E-state index contributed by atoms with van der Waals surface area (Å²) in [6, 6.07) is 0. The van der Waals surface area contributed by atoms with Gasteiger partial charge in [-0.25, -0.2) is 0 Å². The van der Waals surface area contributed by atoms with Crippen molar-refractivity contribution >= 4 is 0 Å². The Morgan fingerprint density at radius 1 is 0.455 bits per heavy atom. The number of rotatable bonds is 17. The van der Waals surface area contributed by atoms with E-state index in [1.807, 2.05) is 0 Å². The van der Waals surface area contributed by atoms with Crippen LogP contribution in [0, 0.1) is 18.3 Å². The summed E-state index contributed by atoms with van der Waals surface area (Å²) in [5.74, 6) is 1.80. The Morgan fingerprint density at radius 2 is 0.864 bits per heavy atom. The molecule has 133 valence electrons. The standard InChI is InChI=1S/C22H45/c1-5-9-12-15-19-21(16-8-4)20-22(17-13-10-6-2)18-14-11-7-3/h20-22H,5-19H2,1-4H3. The quantitative estimate of drug-likeness (QED) is 0.237. The van der Waals surface area contributed by atoms with E-state index in [-0.39, 0.29) is 0 Å². The summed E-state index contributed by atoms with van der Waals surface area (Å²) in [5, 5.41) is 0. The molecule has 0 bridgehead atoms. The van der Waals surface area contributed by atoms with E-state index in [1.165, 1.54) is 96.3 Å². The number of hydrogen-bond donors (Lipinski definition) is 0. The molecule has 0 aromatic carbocycles. The molecule has 0 aromatic heterocycles. The molecule has 0 aliphatic rings. The van der Waals surface area contributed by atoms with Gasteiger partial charge in [-0.2, -0.15) is 0 Å². The summed E-state index contributed by atoms with van der Waals surface area (Å²) in [6.07, 6.45) is 24.0. The minimum absolute atomic E-state index is 0.898. The van der Waals surface area contributed by atoms with E-state index in [4.69, 9.17) is 0 Å². The maximum Gasteiger partial charge on any atom is -0.0324 e. The first kappa shape index (κ1) is 22.0. The topological polar surface area (TPSA) is 0 Å². The molecule has 1 radical (unpaired) electrons. The maximum absolute atomic E-state index is 2.79. The minimum Gasteiger partial charge on any atom is -0.0654 e. The van der Waals surface area contributed by atoms with Crippen molar-refractivity contribution in [3.8, 4) is 0 Å². The highest BCUT2D eigenvalue weighted by Gasteiger charge is 2.16. The van der Waals surface area contributed by atoms with E-state index in [2.05, 4.69) is 34.1 Å². The fourth-order valence-corrected chi connectivity index (χ4v) is 3.58. The molecule has 0 aliphatic carbocycles. The van der Waals surface area contributed by atoms with Gasteiger partial charge in [-0.15, -0.1) is 0 Å². The van der Waals surface area contributed by atoms with Crippen molar-refractivity contribution in [2.45, 2.75) is 124 Å². The van der Waals surface area contributed by atoms with Gasteiger partial charge in [0.1, 0.15) is 0 Å². The largest absolute Gasteiger partial charge is 0.0654 e. The third kappa shape index (κ3) is 13.6. The first-order valence-corrected chi connectivity index (χ1v) is 10.6. The van der Waals surface area contributed by atoms with Crippen LogP contribution in [0.5, 0.6) is 0 Å². The molecular weight excluding hydrogens is 264 g/mol. The first-order valence-electron chi connectivity index (χ1n) is 10.6. The second-order valence-corrected chi connectivity index (χ2v) is 7.34. The normalized spacial score (nSPS) is 13.0. The van der Waals surface area contributed by atoms with Crippen LogP contribution in [-0.4, -0.2) is 0 Å². The van der Waals surface area contributed by atoms with Crippen LogP contribution in [-0.2, 0) is 0 Å². The van der Waals surface area contributed by atoms with Crippen LogP contribution in [0.2, 0.25) is 0 Å². The van der Waals surface area contributed by atoms with E-state index in [0.29, 0.717) is 0 Å². The van der Waals surface area contributed by atoms with Crippen LogP contribution in [0.1, 0.15) is 124 Å². The van der Waals surface area contributed by atoms with Gasteiger partial charge >= 0.3 is 0 Å². The Morgan fingerprint density at radius 3 is 1.32 bits per heavy atom. The molecule has 0 aliphatic heterocycles. The van der Waals surface area contributed by atoms with Gasteiger partial charge in [0.15, 0.2) is 0 Å². The number of hydrogen-bond acceptors (Lipinski definition) is 0. The third-order valence-corrected chi connectivity index (χ3v) is 4.99. The van der Waals surface area contributed by atoms with Crippen LogP contribution in [0.15, 0.2) is 0 Å². The Bertz CT molecular complexity index is 186. The molecule has 0 fully saturated rings. The molecule has 0 rings (SSSR count). The lowest BCUT2D eigenvalue weighted by Gasteiger charge is -2.23. The highest BCUT2D eigenvalue weighted by atomic mass is 14.2. The fourth-order valence-electron chi connectivity index (χ4n) is 3.58. The molecule has 0 saturated carbocycles. The lowest BCUT2D eigenvalue weighted by molar-refractivity contribution is 0.374. The molecule has 0 spiro atoms. The van der Waals surface area contributed by atoms with Crippen molar-refractivity contribution < 1.29 is 0 Å². The summed E-state index contributed by atoms with van der Waals surface area (Å²) in [7, 11) is 0. The van der Waals surface area contributed by atoms with Crippen molar-refractivity contribution in [1.82, 2.24) is 0 Å². The zero-order chi connectivity index (χ0) is 16.5. The Hall–Kier alpha value is 0. The second kappa shape index (κ2) is 17.4. The van der Waals surface area contributed by atoms with Crippen LogP contribution in [0.25, 0.3) is 0 Å². The van der Waals surface area contributed by atoms with Gasteiger partial charge in [0.05, 0.1) is 0 Å². The zero-order valence-electron chi connectivity index (χ0n) is 16.3. The van der Waals surface area contributed by atoms with Gasteiger partial charge in [0, 0.05) is 0 Å². The molecule has 0 N–H and O–H groups in total. The minimum atomic E-state index is 0.898. The predicted molar refractivity (Wildman–Crippen MR) is 103 cm³/mol. The van der Waals surface area contributed by atoms with E-state index < -0.39 is 0 Å². The molecule has 0 aromatic rings. The molecule has 0 saturated heterocycles. The summed E-state index contributed by atoms with van der Waals surface area (Å²) < 4.78 is 0. The van der Waals surface area contributed by atoms with E-state index in [1.54, 1.807) is 0 Å². The molecule has 1 unspecified atom stereocenters. The molecule has 0 heterocycles. The summed E-state index contributed by atoms with van der Waals surface area (Å²) >= 11 is 0. The fraction of sp³-hybridized carbons (Fsp3) is 0.955. The van der Waals surface area contributed by atoms with Crippen molar-refractivity contribution in [1.29, 1.82) is 0 Å². The molecule has 0 amide bonds. The maximum atomic E-state index is 2.79. The van der Waals surface area contributed by atoms with Crippen LogP contribution in [0.3, 0.4) is 0 Å². The average Bonchev–Trinajstić information content (AvgIpc) is 2.52. The highest BCUT2D eigenvalue weighted by Crippen LogP contribution is 2.29. The van der Waals surface area contributed by atoms with Crippen molar-refractivity contribution in [3.63, 3.8) is 0 Å². The lowest BCUT2D eigenvalue weighted by atomic mass is 9.82. The van der Waals surface area contributed by atoms with Crippen LogP contribution < -0.4 is 0 Å². The molecule has 22 heavy (non-hydrogen) atoms. The average molecular weight is 310 g/mol. The van der Waals surface area contributed by atoms with Gasteiger partial charge in [-0.05, 0) is 18.3 Å². The molecule has 1 atom stereocenters. The SMILES string of the molecule is CCCCCCC([CH]C(CCCCC)CCCCC)CCC. The highest BCUT2D eigenvalue weighted by molar-refractivity contribution is 4.84. The van der Waals surface area contributed by atoms with Crippen molar-refractivity contribution in [2.75, 3.05) is 0 Å². The van der Waals surface area contributed by atoms with E-state index in [0.717, 1.165) is 11.8 Å². The lowest BCUT2D eigenvalue weighted by Crippen LogP contribution is -2.11. The van der Waals surface area contributed by atoms with Gasteiger partial charge in [0.25, 0.3) is 0 Å². The first-order chi connectivity index (χ1) is 10.8. The summed E-state index contributed by atoms with van der Waals surface area (Å²) in [5.41, 5.74) is 0. The van der Waals surface area contributed by atoms with Crippen LogP contribution >= 0.6 is 0 Å². The van der Waals surface area contributed by atoms with E-state index >= 15 is 0 Å². The summed E-state index contributed by atoms with van der Waals surface area (Å²) in [6.45, 7) is 9.32. The van der Waals surface area contributed by atoms with Gasteiger partial charge in [0.2, 0.25) is 0 Å². The smallest absolute Gasteiger partial charge is 0.0324 e. The number of unbranched alkanes of at least 4 members (excludes halogenated alkanes) is 7. The Labute approximate surface area is 142 Å². The second-order valence-electron chi connectivity index (χ2n) is 7.34. The predicted octanol–water partition coefficient (Wildman–Crippen LogP) is 8.35. The Kier molecular flexibility index (Phi) is 17.4. The van der Waals surface area contributed by atoms with Gasteiger partial charge in [-0.3, -0.25) is 0 Å². The van der Waals surface area contributed by atoms with Gasteiger partial charge < -0.3 is 0 Å². The molecule has 0 nitrogen and oxygen atoms in total. The van der Waals surface area contributed by atoms with Crippen LogP contribution in [0.4, 0.5) is 0 Å². The Balaban J connectivity index is 4.18. The van der Waals surface area contributed by atoms with E-state index in [9.17, 15) is 0 Å².